The van der Waals surface area contributed by atoms with Gasteiger partial charge in [0.15, 0.2) is 0 Å². The van der Waals surface area contributed by atoms with Crippen LogP contribution < -0.4 is 26.2 Å². The molecule has 0 saturated carbocycles. The molecule has 1 aromatic heterocycles. The molecule has 0 spiro atoms. The zero-order valence-corrected chi connectivity index (χ0v) is 30.1. The molecule has 16 heteroatoms. The summed E-state index contributed by atoms with van der Waals surface area (Å²) in [5.74, 6) is -6.38. The predicted octanol–water partition coefficient (Wildman–Crippen LogP) is 4.32. The molecule has 3 aromatic rings. The Hall–Kier alpha value is -5.18. The predicted molar refractivity (Wildman–Crippen MR) is 185 cm³/mol. The van der Waals surface area contributed by atoms with Gasteiger partial charge in [-0.3, -0.25) is 28.8 Å². The fourth-order valence-electron chi connectivity index (χ4n) is 4.93. The van der Waals surface area contributed by atoms with Crippen molar-refractivity contribution in [3.8, 4) is 5.75 Å². The number of methoxy groups -OCH3 is 1. The van der Waals surface area contributed by atoms with Crippen LogP contribution in [0.1, 0.15) is 62.1 Å². The van der Waals surface area contributed by atoms with E-state index in [1.54, 1.807) is 39.0 Å². The monoisotopic (exact) mass is 748 g/mol. The lowest BCUT2D eigenvalue weighted by Gasteiger charge is -2.27. The highest BCUT2D eigenvalue weighted by Gasteiger charge is 2.45. The van der Waals surface area contributed by atoms with Crippen LogP contribution in [0.25, 0.3) is 0 Å². The van der Waals surface area contributed by atoms with Gasteiger partial charge in [-0.1, -0.05) is 49.7 Å². The number of carbonyl (C=O) groups is 5. The van der Waals surface area contributed by atoms with E-state index in [0.29, 0.717) is 16.3 Å². The Morgan fingerprint density at radius 2 is 1.54 bits per heavy atom. The number of nitrogens with one attached hydrogen (secondary N) is 3. The molecule has 0 saturated heterocycles. The lowest BCUT2D eigenvalue weighted by atomic mass is 9.97. The third kappa shape index (κ3) is 12.0. The van der Waals surface area contributed by atoms with Gasteiger partial charge in [0.2, 0.25) is 11.8 Å². The smallest absolute Gasteiger partial charge is 0.452 e. The van der Waals surface area contributed by atoms with Crippen LogP contribution in [0.5, 0.6) is 5.75 Å². The van der Waals surface area contributed by atoms with Crippen molar-refractivity contribution in [2.24, 2.45) is 5.92 Å². The minimum Gasteiger partial charge on any atom is -0.497 e. The van der Waals surface area contributed by atoms with Crippen molar-refractivity contribution in [2.75, 3.05) is 7.11 Å². The summed E-state index contributed by atoms with van der Waals surface area (Å²) in [5, 5.41) is 7.48. The van der Waals surface area contributed by atoms with E-state index in [2.05, 4.69) is 16.0 Å². The van der Waals surface area contributed by atoms with Crippen molar-refractivity contribution in [3.05, 3.63) is 98.9 Å². The molecule has 3 atom stereocenters. The molecule has 1 heterocycles. The van der Waals surface area contributed by atoms with E-state index < -0.39 is 77.4 Å². The number of carbonyl (C=O) groups excluding carboxylic acids is 5. The van der Waals surface area contributed by atoms with Crippen LogP contribution in [-0.4, -0.2) is 65.0 Å². The standard InChI is InChI=1S/C36H40ClF3N4O8/c1-20(2)29(31(47)36(38,39)40)42-34(50)30(22-10-12-25(51-6)13-11-22)43-33(49)26(17-21-8-7-9-24(37)16-21)41-32(48)23-14-15-44(27(45)18-23)19-28(46)52-35(3,4)5/h7-16,18,20,26,29-30H,17,19H2,1-6H3,(H,41,48)(H,42,50)(H,43,49). The fraction of sp³-hybridized carbons (Fsp3) is 0.389. The van der Waals surface area contributed by atoms with E-state index in [-0.39, 0.29) is 17.5 Å². The average Bonchev–Trinajstić information content (AvgIpc) is 3.04. The molecule has 0 aliphatic heterocycles. The van der Waals surface area contributed by atoms with Gasteiger partial charge in [-0.2, -0.15) is 13.2 Å². The first kappa shape index (κ1) is 41.2. The maximum absolute atomic E-state index is 14.0. The van der Waals surface area contributed by atoms with Crippen molar-refractivity contribution in [3.63, 3.8) is 0 Å². The Balaban J connectivity index is 1.96. The van der Waals surface area contributed by atoms with Crippen LogP contribution in [0.3, 0.4) is 0 Å². The van der Waals surface area contributed by atoms with Crippen molar-refractivity contribution >= 4 is 41.1 Å². The van der Waals surface area contributed by atoms with E-state index in [0.717, 1.165) is 10.6 Å². The number of ketones is 1. The number of pyridine rings is 1. The Bertz CT molecular complexity index is 1840. The van der Waals surface area contributed by atoms with Crippen molar-refractivity contribution < 1.29 is 46.6 Å². The molecule has 0 fully saturated rings. The lowest BCUT2D eigenvalue weighted by Crippen LogP contribution is -2.55. The average molecular weight is 749 g/mol. The van der Waals surface area contributed by atoms with Gasteiger partial charge in [0.05, 0.1) is 13.2 Å². The molecule has 3 unspecified atom stereocenters. The SMILES string of the molecule is COc1ccc(C(NC(=O)C(Cc2cccc(Cl)c2)NC(=O)c2ccn(CC(=O)OC(C)(C)C)c(=O)c2)C(=O)NC(C(=O)C(F)(F)F)C(C)C)cc1. The zero-order chi connectivity index (χ0) is 39.0. The largest absolute Gasteiger partial charge is 0.497 e. The van der Waals surface area contributed by atoms with Crippen molar-refractivity contribution in [1.82, 2.24) is 20.5 Å². The van der Waals surface area contributed by atoms with E-state index in [4.69, 9.17) is 21.1 Å². The number of halogens is 4. The number of benzene rings is 2. The molecule has 12 nitrogen and oxygen atoms in total. The highest BCUT2D eigenvalue weighted by Crippen LogP contribution is 2.24. The first-order valence-electron chi connectivity index (χ1n) is 16.0. The van der Waals surface area contributed by atoms with Crippen LogP contribution in [0.15, 0.2) is 71.7 Å². The number of rotatable bonds is 14. The normalized spacial score (nSPS) is 13.4. The van der Waals surface area contributed by atoms with E-state index in [9.17, 15) is 41.9 Å². The van der Waals surface area contributed by atoms with Crippen molar-refractivity contribution in [1.29, 1.82) is 0 Å². The molecule has 3 N–H and O–H groups in total. The van der Waals surface area contributed by atoms with Gasteiger partial charge in [0, 0.05) is 29.3 Å². The third-order valence-corrected chi connectivity index (χ3v) is 7.69. The second kappa shape index (κ2) is 17.4. The number of ether oxygens (including phenoxy) is 2. The van der Waals surface area contributed by atoms with Crippen molar-refractivity contribution in [2.45, 2.75) is 77.5 Å². The van der Waals surface area contributed by atoms with Crippen LogP contribution in [0.2, 0.25) is 5.02 Å². The maximum atomic E-state index is 14.0. The number of Topliss-reactive ketones (excluding diaryl/α,β-unsaturated/α-hetero) is 1. The van der Waals surface area contributed by atoms with E-state index >= 15 is 0 Å². The minimum atomic E-state index is -5.25. The molecular weight excluding hydrogens is 709 g/mol. The summed E-state index contributed by atoms with van der Waals surface area (Å²) < 4.78 is 51.7. The molecule has 0 aliphatic carbocycles. The number of aromatic nitrogens is 1. The van der Waals surface area contributed by atoms with Gasteiger partial charge in [0.25, 0.3) is 17.2 Å². The Labute approximate surface area is 303 Å². The Kier molecular flexibility index (Phi) is 13.8. The number of hydrogen-bond acceptors (Lipinski definition) is 8. The van der Waals surface area contributed by atoms with Gasteiger partial charge < -0.3 is 30.0 Å². The van der Waals surface area contributed by atoms with Gasteiger partial charge in [-0.05, 0) is 68.1 Å². The number of esters is 1. The first-order valence-corrected chi connectivity index (χ1v) is 16.4. The lowest BCUT2D eigenvalue weighted by molar-refractivity contribution is -0.175. The van der Waals surface area contributed by atoms with Crippen LogP contribution >= 0.6 is 11.6 Å². The summed E-state index contributed by atoms with van der Waals surface area (Å²) in [5.41, 5.74) is -1.05. The Morgan fingerprint density at radius 1 is 0.885 bits per heavy atom. The van der Waals surface area contributed by atoms with E-state index in [1.165, 1.54) is 63.6 Å². The van der Waals surface area contributed by atoms with Gasteiger partial charge in [-0.25, -0.2) is 0 Å². The summed E-state index contributed by atoms with van der Waals surface area (Å²) >= 11 is 6.15. The number of amides is 3. The van der Waals surface area contributed by atoms with Crippen LogP contribution in [-0.2, 0) is 36.9 Å². The molecule has 0 bridgehead atoms. The zero-order valence-electron chi connectivity index (χ0n) is 29.3. The fourth-order valence-corrected chi connectivity index (χ4v) is 5.14. The number of hydrogen-bond donors (Lipinski definition) is 3. The molecule has 280 valence electrons. The highest BCUT2D eigenvalue weighted by atomic mass is 35.5. The Morgan fingerprint density at radius 3 is 2.08 bits per heavy atom. The number of alkyl halides is 3. The third-order valence-electron chi connectivity index (χ3n) is 7.45. The summed E-state index contributed by atoms with van der Waals surface area (Å²) in [7, 11) is 1.39. The summed E-state index contributed by atoms with van der Waals surface area (Å²) in [6.45, 7) is 7.22. The van der Waals surface area contributed by atoms with E-state index in [1.807, 2.05) is 0 Å². The first-order chi connectivity index (χ1) is 24.2. The summed E-state index contributed by atoms with van der Waals surface area (Å²) in [6.07, 6.45) is -4.21. The second-order valence-corrected chi connectivity index (χ2v) is 13.6. The molecule has 3 amide bonds. The van der Waals surface area contributed by atoms with Gasteiger partial charge in [0.1, 0.15) is 30.0 Å². The molecule has 3 rings (SSSR count). The molecule has 52 heavy (non-hydrogen) atoms. The topological polar surface area (TPSA) is 162 Å². The molecule has 0 aliphatic rings. The van der Waals surface area contributed by atoms with Gasteiger partial charge >= 0.3 is 12.1 Å². The highest BCUT2D eigenvalue weighted by molar-refractivity contribution is 6.30. The number of nitrogens with zero attached hydrogens (tertiary/aromatic N) is 1. The molecule has 0 radical (unpaired) electrons. The molecular formula is C36H40ClF3N4O8. The van der Waals surface area contributed by atoms with Crippen LogP contribution in [0.4, 0.5) is 13.2 Å². The van der Waals surface area contributed by atoms with Gasteiger partial charge in [-0.15, -0.1) is 0 Å². The minimum absolute atomic E-state index is 0.120. The summed E-state index contributed by atoms with van der Waals surface area (Å²) in [4.78, 5) is 78.3. The van der Waals surface area contributed by atoms with Crippen LogP contribution in [0, 0.1) is 5.92 Å². The second-order valence-electron chi connectivity index (χ2n) is 13.1. The maximum Gasteiger partial charge on any atom is 0.452 e. The molecule has 2 aromatic carbocycles. The quantitative estimate of drug-likeness (QED) is 0.206. The summed E-state index contributed by atoms with van der Waals surface area (Å²) in [6, 6.07) is 9.25.